The maximum Gasteiger partial charge on any atom is 0.255 e. The van der Waals surface area contributed by atoms with Gasteiger partial charge < -0.3 is 10.1 Å². The number of methoxy groups -OCH3 is 1. The lowest BCUT2D eigenvalue weighted by molar-refractivity contribution is 0.0938. The fraction of sp³-hybridized carbons (Fsp3) is 0.533. The molecule has 1 aromatic carbocycles. The molecule has 5 heteroatoms. The van der Waals surface area contributed by atoms with Crippen molar-refractivity contribution in [2.75, 3.05) is 26.7 Å². The summed E-state index contributed by atoms with van der Waals surface area (Å²) in [5.74, 6) is 0.574. The monoisotopic (exact) mass is 388 g/mol. The molecule has 0 aliphatic carbocycles. The summed E-state index contributed by atoms with van der Waals surface area (Å²) >= 11 is 2.20. The molecule has 1 aliphatic rings. The quantitative estimate of drug-likeness (QED) is 0.789. The topological polar surface area (TPSA) is 41.6 Å². The van der Waals surface area contributed by atoms with Crippen molar-refractivity contribution < 1.29 is 9.53 Å². The number of rotatable bonds is 5. The normalized spacial score (nSPS) is 19.1. The van der Waals surface area contributed by atoms with Crippen molar-refractivity contribution in [1.82, 2.24) is 10.2 Å². The zero-order valence-corrected chi connectivity index (χ0v) is 14.1. The SMILES string of the molecule is CCN1CCC[C@@H]1CNC(=O)c1cc(I)ccc1OC. The van der Waals surface area contributed by atoms with Gasteiger partial charge in [-0.3, -0.25) is 9.69 Å². The van der Waals surface area contributed by atoms with E-state index in [9.17, 15) is 4.79 Å². The van der Waals surface area contributed by atoms with Gasteiger partial charge in [0, 0.05) is 16.2 Å². The van der Waals surface area contributed by atoms with Crippen LogP contribution < -0.4 is 10.1 Å². The Hall–Kier alpha value is -0.820. The summed E-state index contributed by atoms with van der Waals surface area (Å²) in [5.41, 5.74) is 0.612. The standard InChI is InChI=1S/C15H21IN2O2/c1-3-18-8-4-5-12(18)10-17-15(19)13-9-11(16)6-7-14(13)20-2/h6-7,9,12H,3-5,8,10H2,1-2H3,(H,17,19)/t12-/m1/s1. The number of nitrogens with one attached hydrogen (secondary N) is 1. The van der Waals surface area contributed by atoms with Crippen molar-refractivity contribution in [3.63, 3.8) is 0 Å². The van der Waals surface area contributed by atoms with Gasteiger partial charge in [0.15, 0.2) is 0 Å². The van der Waals surface area contributed by atoms with Crippen LogP contribution in [-0.4, -0.2) is 43.6 Å². The van der Waals surface area contributed by atoms with Crippen LogP contribution in [0.4, 0.5) is 0 Å². The minimum absolute atomic E-state index is 0.0525. The molecule has 0 saturated carbocycles. The predicted octanol–water partition coefficient (Wildman–Crippen LogP) is 2.51. The van der Waals surface area contributed by atoms with Gasteiger partial charge in [-0.05, 0) is 66.7 Å². The number of hydrogen-bond acceptors (Lipinski definition) is 3. The molecule has 0 unspecified atom stereocenters. The lowest BCUT2D eigenvalue weighted by Crippen LogP contribution is -2.40. The van der Waals surface area contributed by atoms with E-state index < -0.39 is 0 Å². The minimum atomic E-state index is -0.0525. The van der Waals surface area contributed by atoms with Crippen molar-refractivity contribution in [2.45, 2.75) is 25.8 Å². The highest BCUT2D eigenvalue weighted by Gasteiger charge is 2.23. The Bertz CT molecular complexity index is 479. The van der Waals surface area contributed by atoms with Gasteiger partial charge in [-0.15, -0.1) is 0 Å². The second-order valence-electron chi connectivity index (χ2n) is 4.98. The molecule has 1 atom stereocenters. The first-order valence-corrected chi connectivity index (χ1v) is 8.09. The molecule has 2 rings (SSSR count). The average molecular weight is 388 g/mol. The van der Waals surface area contributed by atoms with E-state index >= 15 is 0 Å². The van der Waals surface area contributed by atoms with Crippen molar-refractivity contribution in [2.24, 2.45) is 0 Å². The van der Waals surface area contributed by atoms with Crippen molar-refractivity contribution in [3.05, 3.63) is 27.3 Å². The van der Waals surface area contributed by atoms with Gasteiger partial charge in [-0.25, -0.2) is 0 Å². The van der Waals surface area contributed by atoms with E-state index in [0.29, 0.717) is 23.9 Å². The van der Waals surface area contributed by atoms with Crippen LogP contribution in [0.1, 0.15) is 30.1 Å². The van der Waals surface area contributed by atoms with Crippen molar-refractivity contribution in [1.29, 1.82) is 0 Å². The van der Waals surface area contributed by atoms with Crippen molar-refractivity contribution >= 4 is 28.5 Å². The lowest BCUT2D eigenvalue weighted by Gasteiger charge is -2.23. The van der Waals surface area contributed by atoms with Crippen molar-refractivity contribution in [3.8, 4) is 5.75 Å². The minimum Gasteiger partial charge on any atom is -0.496 e. The van der Waals surface area contributed by atoms with Gasteiger partial charge in [0.1, 0.15) is 5.75 Å². The van der Waals surface area contributed by atoms with E-state index in [-0.39, 0.29) is 5.91 Å². The van der Waals surface area contributed by atoms with Crippen LogP contribution in [0.5, 0.6) is 5.75 Å². The third-order valence-electron chi connectivity index (χ3n) is 3.81. The second-order valence-corrected chi connectivity index (χ2v) is 6.22. The lowest BCUT2D eigenvalue weighted by atomic mass is 10.1. The molecule has 1 amide bonds. The molecular formula is C15H21IN2O2. The third-order valence-corrected chi connectivity index (χ3v) is 4.48. The maximum absolute atomic E-state index is 12.3. The number of benzene rings is 1. The summed E-state index contributed by atoms with van der Waals surface area (Å²) < 4.78 is 6.29. The summed E-state index contributed by atoms with van der Waals surface area (Å²) in [5, 5.41) is 3.04. The molecule has 1 heterocycles. The molecule has 0 aromatic heterocycles. The number of amides is 1. The fourth-order valence-corrected chi connectivity index (χ4v) is 3.20. The molecular weight excluding hydrogens is 367 g/mol. The average Bonchev–Trinajstić information content (AvgIpc) is 2.92. The van der Waals surface area contributed by atoms with Crippen LogP contribution >= 0.6 is 22.6 Å². The number of likely N-dealkylation sites (N-methyl/N-ethyl adjacent to an activating group) is 1. The summed E-state index contributed by atoms with van der Waals surface area (Å²) in [7, 11) is 1.59. The molecule has 0 spiro atoms. The van der Waals surface area contributed by atoms with Crippen LogP contribution in [0.15, 0.2) is 18.2 Å². The Morgan fingerprint density at radius 2 is 2.35 bits per heavy atom. The van der Waals surface area contributed by atoms with E-state index in [1.54, 1.807) is 7.11 Å². The van der Waals surface area contributed by atoms with Gasteiger partial charge in [0.2, 0.25) is 0 Å². The van der Waals surface area contributed by atoms with Gasteiger partial charge >= 0.3 is 0 Å². The largest absolute Gasteiger partial charge is 0.496 e. The Labute approximate surface area is 134 Å². The first kappa shape index (κ1) is 15.6. The molecule has 1 saturated heterocycles. The van der Waals surface area contributed by atoms with E-state index in [1.807, 2.05) is 18.2 Å². The summed E-state index contributed by atoms with van der Waals surface area (Å²) in [6, 6.07) is 6.11. The molecule has 1 aliphatic heterocycles. The Morgan fingerprint density at radius 3 is 3.05 bits per heavy atom. The van der Waals surface area contributed by atoms with E-state index in [0.717, 1.165) is 23.1 Å². The number of ether oxygens (including phenoxy) is 1. The molecule has 20 heavy (non-hydrogen) atoms. The number of carbonyl (C=O) groups is 1. The molecule has 110 valence electrons. The zero-order chi connectivity index (χ0) is 14.5. The number of halogens is 1. The molecule has 0 radical (unpaired) electrons. The van der Waals surface area contributed by atoms with Crippen LogP contribution in [0.25, 0.3) is 0 Å². The summed E-state index contributed by atoms with van der Waals surface area (Å²) in [4.78, 5) is 14.7. The molecule has 1 N–H and O–H groups in total. The molecule has 0 bridgehead atoms. The van der Waals surface area contributed by atoms with Gasteiger partial charge in [-0.1, -0.05) is 6.92 Å². The van der Waals surface area contributed by atoms with Crippen LogP contribution in [-0.2, 0) is 0 Å². The summed E-state index contributed by atoms with van der Waals surface area (Å²) in [6.45, 7) is 5.07. The van der Waals surface area contributed by atoms with Gasteiger partial charge in [0.25, 0.3) is 5.91 Å². The number of hydrogen-bond donors (Lipinski definition) is 1. The van der Waals surface area contributed by atoms with E-state index in [2.05, 4.69) is 39.7 Å². The fourth-order valence-electron chi connectivity index (χ4n) is 2.71. The zero-order valence-electron chi connectivity index (χ0n) is 12.0. The Balaban J connectivity index is 2.00. The predicted molar refractivity (Wildman–Crippen MR) is 88.3 cm³/mol. The van der Waals surface area contributed by atoms with Gasteiger partial charge in [0.05, 0.1) is 12.7 Å². The van der Waals surface area contributed by atoms with Crippen LogP contribution in [0.2, 0.25) is 0 Å². The molecule has 1 fully saturated rings. The molecule has 4 nitrogen and oxygen atoms in total. The van der Waals surface area contributed by atoms with E-state index in [1.165, 1.54) is 6.42 Å². The highest BCUT2D eigenvalue weighted by atomic mass is 127. The Morgan fingerprint density at radius 1 is 1.55 bits per heavy atom. The van der Waals surface area contributed by atoms with Crippen LogP contribution in [0.3, 0.4) is 0 Å². The highest BCUT2D eigenvalue weighted by Crippen LogP contribution is 2.21. The number of nitrogens with zero attached hydrogens (tertiary/aromatic N) is 1. The number of likely N-dealkylation sites (tertiary alicyclic amines) is 1. The van der Waals surface area contributed by atoms with E-state index in [4.69, 9.17) is 4.74 Å². The number of carbonyl (C=O) groups excluding carboxylic acids is 1. The summed E-state index contributed by atoms with van der Waals surface area (Å²) in [6.07, 6.45) is 2.39. The molecule has 1 aromatic rings. The van der Waals surface area contributed by atoms with Crippen LogP contribution in [0, 0.1) is 3.57 Å². The second kappa shape index (κ2) is 7.26. The third kappa shape index (κ3) is 3.63. The first-order valence-electron chi connectivity index (χ1n) is 7.01. The highest BCUT2D eigenvalue weighted by molar-refractivity contribution is 14.1. The maximum atomic E-state index is 12.3. The smallest absolute Gasteiger partial charge is 0.255 e. The first-order chi connectivity index (χ1) is 9.65. The van der Waals surface area contributed by atoms with Gasteiger partial charge in [-0.2, -0.15) is 0 Å². The Kier molecular flexibility index (Phi) is 5.65.